The van der Waals surface area contributed by atoms with Crippen LogP contribution in [0, 0.1) is 11.6 Å². The maximum atomic E-state index is 14.2. The Labute approximate surface area is 150 Å². The number of benzene rings is 2. The molecule has 1 aliphatic heterocycles. The minimum atomic E-state index is -1.27. The zero-order valence-electron chi connectivity index (χ0n) is 14.2. The molecule has 4 nitrogen and oxygen atoms in total. The van der Waals surface area contributed by atoms with Gasteiger partial charge < -0.3 is 15.1 Å². The number of rotatable bonds is 3. The second-order valence-electron chi connectivity index (χ2n) is 6.35. The van der Waals surface area contributed by atoms with Gasteiger partial charge in [-0.05, 0) is 54.0 Å². The Bertz CT molecular complexity index is 881. The first kappa shape index (κ1) is 18.1. The average Bonchev–Trinajstić information content (AvgIpc) is 2.63. The van der Waals surface area contributed by atoms with Crippen molar-refractivity contribution < 1.29 is 23.8 Å². The van der Waals surface area contributed by atoms with Crippen LogP contribution in [0.25, 0.3) is 5.57 Å². The summed E-state index contributed by atoms with van der Waals surface area (Å²) in [7, 11) is 0. The number of hydrogen-bond donors (Lipinski definition) is 2. The highest BCUT2D eigenvalue weighted by Gasteiger charge is 2.41. The van der Waals surface area contributed by atoms with Gasteiger partial charge in [0.05, 0.1) is 6.61 Å². The van der Waals surface area contributed by atoms with E-state index >= 15 is 0 Å². The van der Waals surface area contributed by atoms with Gasteiger partial charge in [-0.2, -0.15) is 0 Å². The summed E-state index contributed by atoms with van der Waals surface area (Å²) >= 11 is 0. The van der Waals surface area contributed by atoms with Gasteiger partial charge in [-0.3, -0.25) is 4.79 Å². The van der Waals surface area contributed by atoms with Crippen molar-refractivity contribution in [1.29, 1.82) is 0 Å². The molecule has 0 aliphatic carbocycles. The molecule has 1 atom stereocenters. The Hall–Kier alpha value is -2.73. The summed E-state index contributed by atoms with van der Waals surface area (Å²) in [6.45, 7) is 1.15. The Balaban J connectivity index is 2.22. The van der Waals surface area contributed by atoms with Crippen molar-refractivity contribution >= 4 is 11.5 Å². The van der Waals surface area contributed by atoms with E-state index in [-0.39, 0.29) is 23.8 Å². The quantitative estimate of drug-likeness (QED) is 0.885. The third-order valence-corrected chi connectivity index (χ3v) is 4.74. The molecule has 6 heteroatoms. The number of aliphatic hydroxyl groups is 1. The maximum absolute atomic E-state index is 14.2. The van der Waals surface area contributed by atoms with Crippen molar-refractivity contribution in [2.24, 2.45) is 0 Å². The van der Waals surface area contributed by atoms with E-state index in [0.29, 0.717) is 17.6 Å². The summed E-state index contributed by atoms with van der Waals surface area (Å²) in [5.74, 6) is -1.42. The predicted molar refractivity (Wildman–Crippen MR) is 93.2 cm³/mol. The summed E-state index contributed by atoms with van der Waals surface area (Å²) in [5, 5.41) is 20.0. The molecule has 0 aromatic heterocycles. The maximum Gasteiger partial charge on any atom is 0.220 e. The van der Waals surface area contributed by atoms with Gasteiger partial charge in [0.25, 0.3) is 0 Å². The number of phenolic OH excluding ortho intramolecular Hbond substituents is 1. The molecule has 2 aromatic rings. The molecule has 3 rings (SSSR count). The second-order valence-corrected chi connectivity index (χ2v) is 6.35. The predicted octanol–water partition coefficient (Wildman–Crippen LogP) is 3.19. The smallest absolute Gasteiger partial charge is 0.220 e. The topological polar surface area (TPSA) is 60.8 Å². The molecular weight excluding hydrogens is 340 g/mol. The lowest BCUT2D eigenvalue weighted by Crippen LogP contribution is -2.52. The lowest BCUT2D eigenvalue weighted by Gasteiger charge is -2.44. The van der Waals surface area contributed by atoms with Crippen molar-refractivity contribution in [3.63, 3.8) is 0 Å². The fraction of sp³-hybridized carbons (Fsp3) is 0.250. The van der Waals surface area contributed by atoms with E-state index in [1.165, 1.54) is 24.0 Å². The molecule has 0 saturated carbocycles. The van der Waals surface area contributed by atoms with E-state index < -0.39 is 23.8 Å². The number of halogens is 2. The van der Waals surface area contributed by atoms with E-state index in [4.69, 9.17) is 0 Å². The number of aromatic hydroxyl groups is 1. The lowest BCUT2D eigenvalue weighted by atomic mass is 9.81. The van der Waals surface area contributed by atoms with E-state index in [1.807, 2.05) is 0 Å². The number of carbonyl (C=O) groups excluding carboxylic acids is 1. The standard InChI is InChI=1S/C20H19F2NO3/c1-13(25)23-8-7-14(18-10-16(21)5-6-19(18)22)11-20(23,12-24)15-3-2-4-17(26)9-15/h2-6,9-11,24,26H,7-8,12H2,1H3. The highest BCUT2D eigenvalue weighted by atomic mass is 19.1. The van der Waals surface area contributed by atoms with Crippen molar-refractivity contribution in [3.05, 3.63) is 71.3 Å². The third kappa shape index (κ3) is 3.08. The second kappa shape index (κ2) is 6.88. The molecule has 26 heavy (non-hydrogen) atoms. The summed E-state index contributed by atoms with van der Waals surface area (Å²) in [6.07, 6.45) is 1.91. The van der Waals surface area contributed by atoms with Gasteiger partial charge in [-0.1, -0.05) is 12.1 Å². The summed E-state index contributed by atoms with van der Waals surface area (Å²) < 4.78 is 27.9. The van der Waals surface area contributed by atoms with Crippen LogP contribution in [0.1, 0.15) is 24.5 Å². The number of hydrogen-bond acceptors (Lipinski definition) is 3. The minimum Gasteiger partial charge on any atom is -0.508 e. The molecule has 0 spiro atoms. The van der Waals surface area contributed by atoms with Gasteiger partial charge in [0, 0.05) is 19.0 Å². The highest BCUT2D eigenvalue weighted by Crippen LogP contribution is 2.40. The molecule has 1 aliphatic rings. The van der Waals surface area contributed by atoms with Crippen LogP contribution in [0.4, 0.5) is 8.78 Å². The van der Waals surface area contributed by atoms with Gasteiger partial charge in [0.2, 0.25) is 5.91 Å². The number of carbonyl (C=O) groups is 1. The molecule has 0 fully saturated rings. The molecule has 0 bridgehead atoms. The van der Waals surface area contributed by atoms with Crippen LogP contribution in [0.5, 0.6) is 5.75 Å². The van der Waals surface area contributed by atoms with Gasteiger partial charge in [-0.25, -0.2) is 8.78 Å². The number of phenols is 1. The van der Waals surface area contributed by atoms with E-state index in [2.05, 4.69) is 0 Å². The van der Waals surface area contributed by atoms with Gasteiger partial charge in [-0.15, -0.1) is 0 Å². The van der Waals surface area contributed by atoms with Crippen LogP contribution in [-0.2, 0) is 10.3 Å². The molecule has 1 amide bonds. The van der Waals surface area contributed by atoms with Crippen molar-refractivity contribution in [3.8, 4) is 5.75 Å². The first-order chi connectivity index (χ1) is 12.4. The zero-order valence-corrected chi connectivity index (χ0v) is 14.2. The lowest BCUT2D eigenvalue weighted by molar-refractivity contribution is -0.135. The Kier molecular flexibility index (Phi) is 4.78. The minimum absolute atomic E-state index is 0.0173. The molecule has 1 heterocycles. The third-order valence-electron chi connectivity index (χ3n) is 4.74. The van der Waals surface area contributed by atoms with Crippen LogP contribution in [0.15, 0.2) is 48.5 Å². The fourth-order valence-corrected chi connectivity index (χ4v) is 3.50. The Morgan fingerprint density at radius 2 is 2.00 bits per heavy atom. The van der Waals surface area contributed by atoms with Gasteiger partial charge in [0.15, 0.2) is 0 Å². The largest absolute Gasteiger partial charge is 0.508 e. The van der Waals surface area contributed by atoms with E-state index in [0.717, 1.165) is 18.2 Å². The molecular formula is C20H19F2NO3. The monoisotopic (exact) mass is 359 g/mol. The van der Waals surface area contributed by atoms with Crippen molar-refractivity contribution in [2.75, 3.05) is 13.2 Å². The highest BCUT2D eigenvalue weighted by molar-refractivity contribution is 5.79. The molecule has 0 radical (unpaired) electrons. The van der Waals surface area contributed by atoms with Crippen LogP contribution >= 0.6 is 0 Å². The van der Waals surface area contributed by atoms with Crippen LogP contribution in [-0.4, -0.2) is 34.2 Å². The first-order valence-corrected chi connectivity index (χ1v) is 8.23. The zero-order chi connectivity index (χ0) is 18.9. The number of amides is 1. The summed E-state index contributed by atoms with van der Waals surface area (Å²) in [5.41, 5.74) is -0.177. The normalized spacial score (nSPS) is 20.0. The molecule has 0 saturated heterocycles. The van der Waals surface area contributed by atoms with Gasteiger partial charge in [0.1, 0.15) is 22.9 Å². The Morgan fingerprint density at radius 3 is 2.65 bits per heavy atom. The van der Waals surface area contributed by atoms with E-state index in [1.54, 1.807) is 18.2 Å². The molecule has 2 aromatic carbocycles. The first-order valence-electron chi connectivity index (χ1n) is 8.23. The summed E-state index contributed by atoms with van der Waals surface area (Å²) in [4.78, 5) is 13.7. The number of nitrogens with zero attached hydrogens (tertiary/aromatic N) is 1. The van der Waals surface area contributed by atoms with Crippen LogP contribution in [0.2, 0.25) is 0 Å². The summed E-state index contributed by atoms with van der Waals surface area (Å²) in [6, 6.07) is 9.41. The molecule has 1 unspecified atom stereocenters. The van der Waals surface area contributed by atoms with Crippen LogP contribution in [0.3, 0.4) is 0 Å². The number of aliphatic hydroxyl groups excluding tert-OH is 1. The molecule has 2 N–H and O–H groups in total. The van der Waals surface area contributed by atoms with Crippen molar-refractivity contribution in [1.82, 2.24) is 4.90 Å². The molecule has 136 valence electrons. The SMILES string of the molecule is CC(=O)N1CCC(c2cc(F)ccc2F)=CC1(CO)c1cccc(O)c1. The fourth-order valence-electron chi connectivity index (χ4n) is 3.50. The van der Waals surface area contributed by atoms with Crippen LogP contribution < -0.4 is 0 Å². The van der Waals surface area contributed by atoms with Crippen molar-refractivity contribution in [2.45, 2.75) is 18.9 Å². The Morgan fingerprint density at radius 1 is 1.23 bits per heavy atom. The van der Waals surface area contributed by atoms with E-state index in [9.17, 15) is 23.8 Å². The van der Waals surface area contributed by atoms with Gasteiger partial charge >= 0.3 is 0 Å². The average molecular weight is 359 g/mol.